The number of nitrogens with zero attached hydrogens (tertiary/aromatic N) is 4. The number of hydrogen-bond acceptors (Lipinski definition) is 4. The van der Waals surface area contributed by atoms with E-state index in [2.05, 4.69) is 20.4 Å². The number of carbonyl (C=O) groups is 1. The zero-order valence-corrected chi connectivity index (χ0v) is 12.2. The lowest BCUT2D eigenvalue weighted by Crippen LogP contribution is -2.23. The summed E-state index contributed by atoms with van der Waals surface area (Å²) in [6.45, 7) is 5.88. The number of aryl methyl sites for hydroxylation is 2. The SMILES string of the molecule is Cc1nn(C)c(C)c1C[C@H](C)C(=O)Nc1cnccn1. The number of anilines is 1. The Hall–Kier alpha value is -2.24. The van der Waals surface area contributed by atoms with Crippen LogP contribution in [-0.2, 0) is 18.3 Å². The Balaban J connectivity index is 2.04. The summed E-state index contributed by atoms with van der Waals surface area (Å²) in [5.74, 6) is 0.260. The fraction of sp³-hybridized carbons (Fsp3) is 0.429. The normalized spacial score (nSPS) is 12.2. The molecule has 6 nitrogen and oxygen atoms in total. The molecule has 0 saturated heterocycles. The number of hydrogen-bond donors (Lipinski definition) is 1. The molecule has 20 heavy (non-hydrogen) atoms. The summed E-state index contributed by atoms with van der Waals surface area (Å²) >= 11 is 0. The molecule has 0 bridgehead atoms. The first-order valence-corrected chi connectivity index (χ1v) is 6.55. The highest BCUT2D eigenvalue weighted by molar-refractivity contribution is 5.91. The van der Waals surface area contributed by atoms with Crippen LogP contribution in [0.5, 0.6) is 0 Å². The summed E-state index contributed by atoms with van der Waals surface area (Å²) < 4.78 is 1.85. The Morgan fingerprint density at radius 3 is 2.70 bits per heavy atom. The summed E-state index contributed by atoms with van der Waals surface area (Å²) in [6.07, 6.45) is 5.32. The molecule has 1 atom stereocenters. The van der Waals surface area contributed by atoms with Crippen molar-refractivity contribution in [1.29, 1.82) is 0 Å². The van der Waals surface area contributed by atoms with Crippen LogP contribution >= 0.6 is 0 Å². The highest BCUT2D eigenvalue weighted by Crippen LogP contribution is 2.17. The van der Waals surface area contributed by atoms with Gasteiger partial charge in [-0.1, -0.05) is 6.92 Å². The van der Waals surface area contributed by atoms with Crippen LogP contribution in [0.1, 0.15) is 23.9 Å². The first-order valence-electron chi connectivity index (χ1n) is 6.55. The van der Waals surface area contributed by atoms with Gasteiger partial charge in [-0.05, 0) is 25.8 Å². The Morgan fingerprint density at radius 2 is 2.15 bits per heavy atom. The molecule has 2 rings (SSSR count). The highest BCUT2D eigenvalue weighted by atomic mass is 16.1. The van der Waals surface area contributed by atoms with Gasteiger partial charge in [0.25, 0.3) is 0 Å². The topological polar surface area (TPSA) is 72.7 Å². The third-order valence-electron chi connectivity index (χ3n) is 3.43. The van der Waals surface area contributed by atoms with Crippen LogP contribution in [0.25, 0.3) is 0 Å². The molecular weight excluding hydrogens is 254 g/mol. The van der Waals surface area contributed by atoms with Gasteiger partial charge in [0.05, 0.1) is 11.9 Å². The maximum Gasteiger partial charge on any atom is 0.228 e. The monoisotopic (exact) mass is 273 g/mol. The Bertz CT molecular complexity index is 606. The fourth-order valence-electron chi connectivity index (χ4n) is 2.12. The molecule has 0 aromatic carbocycles. The van der Waals surface area contributed by atoms with E-state index >= 15 is 0 Å². The Labute approximate surface area is 118 Å². The third kappa shape index (κ3) is 3.01. The first kappa shape index (κ1) is 14.2. The highest BCUT2D eigenvalue weighted by Gasteiger charge is 2.18. The van der Waals surface area contributed by atoms with Crippen LogP contribution in [0.2, 0.25) is 0 Å². The minimum Gasteiger partial charge on any atom is -0.309 e. The van der Waals surface area contributed by atoms with E-state index < -0.39 is 0 Å². The lowest BCUT2D eigenvalue weighted by atomic mass is 9.99. The minimum atomic E-state index is -0.154. The van der Waals surface area contributed by atoms with E-state index in [0.717, 1.165) is 17.0 Å². The molecule has 0 fully saturated rings. The molecule has 0 unspecified atom stereocenters. The van der Waals surface area contributed by atoms with E-state index in [1.54, 1.807) is 12.4 Å². The van der Waals surface area contributed by atoms with Crippen LogP contribution in [0.4, 0.5) is 5.82 Å². The predicted molar refractivity (Wildman–Crippen MR) is 76.2 cm³/mol. The fourth-order valence-corrected chi connectivity index (χ4v) is 2.12. The van der Waals surface area contributed by atoms with Crippen molar-refractivity contribution in [2.24, 2.45) is 13.0 Å². The molecule has 0 saturated carbocycles. The van der Waals surface area contributed by atoms with Gasteiger partial charge in [0.15, 0.2) is 5.82 Å². The van der Waals surface area contributed by atoms with Crippen molar-refractivity contribution in [2.45, 2.75) is 27.2 Å². The first-order chi connectivity index (χ1) is 9.49. The summed E-state index contributed by atoms with van der Waals surface area (Å²) in [7, 11) is 1.91. The second-order valence-corrected chi connectivity index (χ2v) is 4.96. The minimum absolute atomic E-state index is 0.0619. The van der Waals surface area contributed by atoms with Crippen molar-refractivity contribution >= 4 is 11.7 Å². The molecule has 1 amide bonds. The van der Waals surface area contributed by atoms with E-state index in [4.69, 9.17) is 0 Å². The van der Waals surface area contributed by atoms with Gasteiger partial charge in [-0.25, -0.2) is 4.98 Å². The van der Waals surface area contributed by atoms with Gasteiger partial charge in [0.1, 0.15) is 0 Å². The van der Waals surface area contributed by atoms with E-state index in [9.17, 15) is 4.79 Å². The molecule has 2 heterocycles. The maximum atomic E-state index is 12.1. The Kier molecular flexibility index (Phi) is 4.12. The summed E-state index contributed by atoms with van der Waals surface area (Å²) in [4.78, 5) is 20.1. The molecule has 0 spiro atoms. The molecule has 2 aromatic rings. The van der Waals surface area contributed by atoms with Crippen molar-refractivity contribution in [3.05, 3.63) is 35.5 Å². The van der Waals surface area contributed by atoms with Gasteiger partial charge >= 0.3 is 0 Å². The van der Waals surface area contributed by atoms with E-state index in [1.165, 1.54) is 6.20 Å². The standard InChI is InChI=1S/C14H19N5O/c1-9(7-12-10(2)18-19(4)11(12)3)14(20)17-13-8-15-5-6-16-13/h5-6,8-9H,7H2,1-4H3,(H,16,17,20)/t9-/m0/s1. The summed E-state index contributed by atoms with van der Waals surface area (Å²) in [6, 6.07) is 0. The summed E-state index contributed by atoms with van der Waals surface area (Å²) in [5, 5.41) is 7.14. The van der Waals surface area contributed by atoms with E-state index in [1.807, 2.05) is 32.5 Å². The van der Waals surface area contributed by atoms with Crippen LogP contribution < -0.4 is 5.32 Å². The van der Waals surface area contributed by atoms with Crippen molar-refractivity contribution < 1.29 is 4.79 Å². The van der Waals surface area contributed by atoms with Gasteiger partial charge in [-0.15, -0.1) is 0 Å². The molecule has 1 N–H and O–H groups in total. The second kappa shape index (κ2) is 5.81. The zero-order chi connectivity index (χ0) is 14.7. The average Bonchev–Trinajstić information content (AvgIpc) is 2.66. The number of rotatable bonds is 4. The van der Waals surface area contributed by atoms with E-state index in [-0.39, 0.29) is 11.8 Å². The van der Waals surface area contributed by atoms with Crippen molar-refractivity contribution in [1.82, 2.24) is 19.7 Å². The van der Waals surface area contributed by atoms with Crippen molar-refractivity contribution in [3.63, 3.8) is 0 Å². The number of nitrogens with one attached hydrogen (secondary N) is 1. The maximum absolute atomic E-state index is 12.1. The van der Waals surface area contributed by atoms with Crippen molar-refractivity contribution in [3.8, 4) is 0 Å². The molecular formula is C14H19N5O. The number of aromatic nitrogens is 4. The van der Waals surface area contributed by atoms with Crippen LogP contribution in [0.3, 0.4) is 0 Å². The lowest BCUT2D eigenvalue weighted by Gasteiger charge is -2.11. The van der Waals surface area contributed by atoms with Gasteiger partial charge < -0.3 is 5.32 Å². The molecule has 0 aliphatic heterocycles. The molecule has 0 radical (unpaired) electrons. The van der Waals surface area contributed by atoms with Gasteiger partial charge in [0.2, 0.25) is 5.91 Å². The van der Waals surface area contributed by atoms with E-state index in [0.29, 0.717) is 12.2 Å². The largest absolute Gasteiger partial charge is 0.309 e. The zero-order valence-electron chi connectivity index (χ0n) is 12.2. The van der Waals surface area contributed by atoms with Crippen LogP contribution in [0.15, 0.2) is 18.6 Å². The predicted octanol–water partition coefficient (Wildman–Crippen LogP) is 1.64. The molecule has 0 aliphatic rings. The van der Waals surface area contributed by atoms with Crippen molar-refractivity contribution in [2.75, 3.05) is 5.32 Å². The van der Waals surface area contributed by atoms with Gasteiger partial charge in [-0.3, -0.25) is 14.5 Å². The molecule has 106 valence electrons. The van der Waals surface area contributed by atoms with Gasteiger partial charge in [-0.2, -0.15) is 5.10 Å². The average molecular weight is 273 g/mol. The molecule has 0 aliphatic carbocycles. The third-order valence-corrected chi connectivity index (χ3v) is 3.43. The number of amides is 1. The smallest absolute Gasteiger partial charge is 0.228 e. The quantitative estimate of drug-likeness (QED) is 0.919. The van der Waals surface area contributed by atoms with Crippen LogP contribution in [-0.4, -0.2) is 25.7 Å². The molecule has 6 heteroatoms. The summed E-state index contributed by atoms with van der Waals surface area (Å²) in [5.41, 5.74) is 3.21. The van der Waals surface area contributed by atoms with Crippen LogP contribution in [0, 0.1) is 19.8 Å². The number of carbonyl (C=O) groups excluding carboxylic acids is 1. The lowest BCUT2D eigenvalue weighted by molar-refractivity contribution is -0.119. The Morgan fingerprint density at radius 1 is 1.40 bits per heavy atom. The second-order valence-electron chi connectivity index (χ2n) is 4.96. The van der Waals surface area contributed by atoms with Gasteiger partial charge in [0, 0.05) is 31.1 Å². The molecule has 2 aromatic heterocycles.